The lowest BCUT2D eigenvalue weighted by Crippen LogP contribution is -2.29. The largest absolute Gasteiger partial charge is 0.493 e. The van der Waals surface area contributed by atoms with Crippen LogP contribution in [0.4, 0.5) is 5.69 Å². The number of nitrogens with zero attached hydrogens (tertiary/aromatic N) is 2. The maximum absolute atomic E-state index is 12.6. The zero-order valence-corrected chi connectivity index (χ0v) is 25.3. The summed E-state index contributed by atoms with van der Waals surface area (Å²) in [4.78, 5) is 12.6. The van der Waals surface area contributed by atoms with Crippen molar-refractivity contribution in [1.29, 1.82) is 0 Å². The number of carbonyl (C=O) groups excluding carboxylic acids is 1. The van der Waals surface area contributed by atoms with Gasteiger partial charge in [0.05, 0.1) is 36.3 Å². The number of hydrazone groups is 1. The van der Waals surface area contributed by atoms with Crippen molar-refractivity contribution in [1.82, 2.24) is 5.43 Å². The highest BCUT2D eigenvalue weighted by Crippen LogP contribution is 2.37. The molecule has 10 heteroatoms. The van der Waals surface area contributed by atoms with Gasteiger partial charge in [-0.05, 0) is 75.9 Å². The minimum atomic E-state index is -3.49. The Balaban J connectivity index is 1.38. The van der Waals surface area contributed by atoms with Crippen molar-refractivity contribution in [2.45, 2.75) is 20.1 Å². The van der Waals surface area contributed by atoms with E-state index in [0.29, 0.717) is 39.4 Å². The predicted octanol–water partition coefficient (Wildman–Crippen LogP) is 6.08. The lowest BCUT2D eigenvalue weighted by atomic mass is 10.1. The van der Waals surface area contributed by atoms with Crippen LogP contribution in [-0.2, 0) is 23.2 Å². The highest BCUT2D eigenvalue weighted by Gasteiger charge is 2.18. The second kappa shape index (κ2) is 13.5. The van der Waals surface area contributed by atoms with Gasteiger partial charge in [0.25, 0.3) is 5.91 Å². The Kier molecular flexibility index (Phi) is 9.80. The number of amides is 1. The van der Waals surface area contributed by atoms with Crippen molar-refractivity contribution in [3.05, 3.63) is 123 Å². The lowest BCUT2D eigenvalue weighted by Gasteiger charge is -2.22. The second-order valence-corrected chi connectivity index (χ2v) is 12.1. The van der Waals surface area contributed by atoms with E-state index in [-0.39, 0.29) is 6.54 Å². The van der Waals surface area contributed by atoms with Gasteiger partial charge < -0.3 is 9.47 Å². The van der Waals surface area contributed by atoms with Gasteiger partial charge in [0.1, 0.15) is 6.61 Å². The van der Waals surface area contributed by atoms with E-state index < -0.39 is 15.9 Å². The third-order valence-corrected chi connectivity index (χ3v) is 7.85. The average Bonchev–Trinajstić information content (AvgIpc) is 2.96. The van der Waals surface area contributed by atoms with Crippen LogP contribution in [0.1, 0.15) is 32.6 Å². The molecule has 0 bridgehead atoms. The molecule has 0 saturated heterocycles. The topological polar surface area (TPSA) is 97.3 Å². The number of nitrogens with one attached hydrogen (secondary N) is 1. The van der Waals surface area contributed by atoms with Gasteiger partial charge in [0.2, 0.25) is 10.0 Å². The zero-order valence-electron chi connectivity index (χ0n) is 22.9. The number of methoxy groups -OCH3 is 1. The van der Waals surface area contributed by atoms with Crippen LogP contribution in [0, 0.1) is 6.92 Å². The summed E-state index contributed by atoms with van der Waals surface area (Å²) in [5.74, 6) is 0.685. The molecule has 0 aliphatic carbocycles. The second-order valence-electron chi connectivity index (χ2n) is 9.31. The van der Waals surface area contributed by atoms with Gasteiger partial charge in [-0.25, -0.2) is 13.8 Å². The van der Waals surface area contributed by atoms with E-state index >= 15 is 0 Å². The molecule has 0 aliphatic rings. The highest BCUT2D eigenvalue weighted by molar-refractivity contribution is 9.10. The van der Waals surface area contributed by atoms with Crippen LogP contribution in [0.15, 0.2) is 101 Å². The SMILES string of the molecule is COc1cc(/C=N\NC(=O)c2ccc(CN(c3ccccc3)S(C)(=O)=O)cc2)cc(Br)c1OCc1ccc(C)cc1. The Morgan fingerprint density at radius 1 is 0.976 bits per heavy atom. The third kappa shape index (κ3) is 8.18. The molecule has 0 fully saturated rings. The van der Waals surface area contributed by atoms with Crippen molar-refractivity contribution in [3.8, 4) is 11.5 Å². The molecule has 4 aromatic rings. The van der Waals surface area contributed by atoms with Crippen molar-refractivity contribution >= 4 is 43.8 Å². The van der Waals surface area contributed by atoms with Gasteiger partial charge in [-0.3, -0.25) is 9.10 Å². The van der Waals surface area contributed by atoms with E-state index in [4.69, 9.17) is 9.47 Å². The minimum absolute atomic E-state index is 0.143. The Hall–Kier alpha value is -4.15. The number of para-hydroxylation sites is 1. The molecule has 4 aromatic carbocycles. The van der Waals surface area contributed by atoms with E-state index in [1.165, 1.54) is 22.3 Å². The molecular formula is C31H30BrN3O5S. The first-order valence-electron chi connectivity index (χ1n) is 12.6. The van der Waals surface area contributed by atoms with Crippen LogP contribution >= 0.6 is 15.9 Å². The number of anilines is 1. The van der Waals surface area contributed by atoms with Crippen molar-refractivity contribution in [3.63, 3.8) is 0 Å². The van der Waals surface area contributed by atoms with E-state index in [1.54, 1.807) is 61.7 Å². The smallest absolute Gasteiger partial charge is 0.271 e. The standard InChI is InChI=1S/C31H30BrN3O5S/c1-22-9-11-24(12-10-22)21-40-30-28(32)17-25(18-29(30)39-2)19-33-34-31(36)26-15-13-23(14-16-26)20-35(41(3,37)38)27-7-5-4-6-8-27/h4-19H,20-21H2,1-3H3,(H,34,36)/b33-19-. The summed E-state index contributed by atoms with van der Waals surface area (Å²) in [6.45, 7) is 2.56. The first-order chi connectivity index (χ1) is 19.6. The normalized spacial score (nSPS) is 11.3. The molecule has 1 N–H and O–H groups in total. The third-order valence-electron chi connectivity index (χ3n) is 6.12. The molecule has 0 aliphatic heterocycles. The zero-order chi connectivity index (χ0) is 29.4. The molecule has 0 unspecified atom stereocenters. The van der Waals surface area contributed by atoms with Gasteiger partial charge in [0, 0.05) is 5.56 Å². The molecule has 1 amide bonds. The summed E-state index contributed by atoms with van der Waals surface area (Å²) in [5.41, 5.74) is 7.11. The molecule has 0 saturated carbocycles. The maximum Gasteiger partial charge on any atom is 0.271 e. The van der Waals surface area contributed by atoms with Crippen molar-refractivity contribution in [2.24, 2.45) is 5.10 Å². The Labute approximate surface area is 248 Å². The summed E-state index contributed by atoms with van der Waals surface area (Å²) >= 11 is 3.54. The Bertz CT molecular complexity index is 1630. The summed E-state index contributed by atoms with van der Waals surface area (Å²) in [6.07, 6.45) is 2.67. The summed E-state index contributed by atoms with van der Waals surface area (Å²) in [7, 11) is -1.94. The summed E-state index contributed by atoms with van der Waals surface area (Å²) < 4.78 is 38.2. The summed E-state index contributed by atoms with van der Waals surface area (Å²) in [5, 5.41) is 4.08. The number of benzene rings is 4. The molecule has 212 valence electrons. The van der Waals surface area contributed by atoms with Gasteiger partial charge in [-0.1, -0.05) is 60.2 Å². The number of carbonyl (C=O) groups is 1. The first-order valence-corrected chi connectivity index (χ1v) is 15.3. The average molecular weight is 637 g/mol. The monoisotopic (exact) mass is 635 g/mol. The fourth-order valence-electron chi connectivity index (χ4n) is 3.95. The number of hydrogen-bond donors (Lipinski definition) is 1. The molecule has 0 radical (unpaired) electrons. The lowest BCUT2D eigenvalue weighted by molar-refractivity contribution is 0.0955. The molecule has 4 rings (SSSR count). The van der Waals surface area contributed by atoms with Crippen LogP contribution in [0.25, 0.3) is 0 Å². The molecule has 41 heavy (non-hydrogen) atoms. The summed E-state index contributed by atoms with van der Waals surface area (Å²) in [6, 6.07) is 27.2. The van der Waals surface area contributed by atoms with E-state index in [0.717, 1.165) is 11.1 Å². The number of aryl methyl sites for hydroxylation is 1. The predicted molar refractivity (Wildman–Crippen MR) is 165 cm³/mol. The van der Waals surface area contributed by atoms with Crippen LogP contribution in [0.5, 0.6) is 11.5 Å². The molecule has 0 aromatic heterocycles. The van der Waals surface area contributed by atoms with Gasteiger partial charge in [-0.2, -0.15) is 5.10 Å². The number of hydrogen-bond acceptors (Lipinski definition) is 6. The quantitative estimate of drug-likeness (QED) is 0.159. The fraction of sp³-hybridized carbons (Fsp3) is 0.161. The van der Waals surface area contributed by atoms with E-state index in [2.05, 4.69) is 26.5 Å². The van der Waals surface area contributed by atoms with Crippen molar-refractivity contribution < 1.29 is 22.7 Å². The van der Waals surface area contributed by atoms with Gasteiger partial charge in [0.15, 0.2) is 11.5 Å². The van der Waals surface area contributed by atoms with E-state index in [1.807, 2.05) is 43.3 Å². The molecule has 0 atom stereocenters. The Morgan fingerprint density at radius 3 is 2.27 bits per heavy atom. The Morgan fingerprint density at radius 2 is 1.63 bits per heavy atom. The van der Waals surface area contributed by atoms with Crippen molar-refractivity contribution in [2.75, 3.05) is 17.7 Å². The highest BCUT2D eigenvalue weighted by atomic mass is 79.9. The van der Waals surface area contributed by atoms with Crippen LogP contribution in [-0.4, -0.2) is 33.9 Å². The number of rotatable bonds is 11. The fourth-order valence-corrected chi connectivity index (χ4v) is 5.41. The number of halogens is 1. The molecule has 8 nitrogen and oxygen atoms in total. The molecule has 0 heterocycles. The first kappa shape index (κ1) is 29.8. The van der Waals surface area contributed by atoms with Gasteiger partial charge >= 0.3 is 0 Å². The number of ether oxygens (including phenoxy) is 2. The van der Waals surface area contributed by atoms with E-state index in [9.17, 15) is 13.2 Å². The number of sulfonamides is 1. The van der Waals surface area contributed by atoms with Crippen LogP contribution in [0.2, 0.25) is 0 Å². The van der Waals surface area contributed by atoms with Crippen LogP contribution in [0.3, 0.4) is 0 Å². The molecular weight excluding hydrogens is 606 g/mol. The minimum Gasteiger partial charge on any atom is -0.493 e. The molecule has 0 spiro atoms. The van der Waals surface area contributed by atoms with Gasteiger partial charge in [-0.15, -0.1) is 0 Å². The maximum atomic E-state index is 12.6. The van der Waals surface area contributed by atoms with Crippen LogP contribution < -0.4 is 19.2 Å².